The van der Waals surface area contributed by atoms with E-state index >= 15 is 0 Å². The van der Waals surface area contributed by atoms with E-state index in [-0.39, 0.29) is 0 Å². The Morgan fingerprint density at radius 2 is 1.84 bits per heavy atom. The van der Waals surface area contributed by atoms with Crippen LogP contribution in [-0.4, -0.2) is 31.7 Å². The van der Waals surface area contributed by atoms with Gasteiger partial charge in [-0.15, -0.1) is 0 Å². The molecular weight excluding hydrogens is 340 g/mol. The van der Waals surface area contributed by atoms with Gasteiger partial charge in [-0.1, -0.05) is 41.6 Å². The third-order valence-electron chi connectivity index (χ3n) is 3.66. The lowest BCUT2D eigenvalue weighted by atomic mass is 10.0. The quantitative estimate of drug-likeness (QED) is 0.450. The maximum atomic E-state index is 12.0. The molecule has 0 saturated carbocycles. The van der Waals surface area contributed by atoms with Crippen molar-refractivity contribution < 1.29 is 18.4 Å². The molecule has 0 atom stereocenters. The maximum Gasteiger partial charge on any atom is 0.235 e. The van der Waals surface area contributed by atoms with E-state index in [2.05, 4.69) is 9.88 Å². The van der Waals surface area contributed by atoms with Crippen molar-refractivity contribution in [1.29, 1.82) is 0 Å². The topological polar surface area (TPSA) is 88.0 Å². The number of methoxy groups -OCH3 is 1. The van der Waals surface area contributed by atoms with Gasteiger partial charge in [0.1, 0.15) is 5.71 Å². The van der Waals surface area contributed by atoms with Crippen molar-refractivity contribution in [2.45, 2.75) is 25.7 Å². The molecule has 0 aliphatic carbocycles. The SMILES string of the molecule is COCc1ccc(/C(=N\O)c2cccc(NS(=O)(=O)C(C)C)c2)cc1. The Balaban J connectivity index is 2.31. The zero-order valence-electron chi connectivity index (χ0n) is 14.4. The van der Waals surface area contributed by atoms with Crippen molar-refractivity contribution in [3.05, 3.63) is 65.2 Å². The van der Waals surface area contributed by atoms with E-state index in [9.17, 15) is 13.6 Å². The summed E-state index contributed by atoms with van der Waals surface area (Å²) in [5, 5.41) is 12.3. The molecule has 2 aromatic rings. The van der Waals surface area contributed by atoms with E-state index in [0.29, 0.717) is 29.1 Å². The van der Waals surface area contributed by atoms with Crippen molar-refractivity contribution in [3.8, 4) is 0 Å². The van der Waals surface area contributed by atoms with E-state index in [1.54, 1.807) is 45.2 Å². The zero-order chi connectivity index (χ0) is 18.4. The van der Waals surface area contributed by atoms with E-state index < -0.39 is 15.3 Å². The van der Waals surface area contributed by atoms with Gasteiger partial charge in [0.2, 0.25) is 10.0 Å². The highest BCUT2D eigenvalue weighted by Gasteiger charge is 2.16. The molecule has 0 saturated heterocycles. The minimum Gasteiger partial charge on any atom is -0.410 e. The number of hydrogen-bond donors (Lipinski definition) is 2. The third kappa shape index (κ3) is 4.80. The van der Waals surface area contributed by atoms with Crippen molar-refractivity contribution in [2.75, 3.05) is 11.8 Å². The Bertz CT molecular complexity index is 844. The molecule has 0 aliphatic rings. The normalized spacial score (nSPS) is 12.4. The molecule has 0 aromatic heterocycles. The van der Waals surface area contributed by atoms with Crippen LogP contribution in [0.1, 0.15) is 30.5 Å². The van der Waals surface area contributed by atoms with Gasteiger partial charge in [0.15, 0.2) is 0 Å². The summed E-state index contributed by atoms with van der Waals surface area (Å²) in [7, 11) is -1.82. The van der Waals surface area contributed by atoms with Gasteiger partial charge < -0.3 is 9.94 Å². The second-order valence-electron chi connectivity index (χ2n) is 5.86. The number of nitrogens with one attached hydrogen (secondary N) is 1. The first kappa shape index (κ1) is 19.0. The van der Waals surface area contributed by atoms with Crippen molar-refractivity contribution >= 4 is 21.4 Å². The van der Waals surface area contributed by atoms with E-state index in [1.165, 1.54) is 0 Å². The van der Waals surface area contributed by atoms with Gasteiger partial charge in [0.05, 0.1) is 11.9 Å². The molecule has 2 N–H and O–H groups in total. The number of ether oxygens (including phenoxy) is 1. The third-order valence-corrected chi connectivity index (χ3v) is 5.42. The number of nitrogens with zero attached hydrogens (tertiary/aromatic N) is 1. The van der Waals surface area contributed by atoms with Crippen LogP contribution in [0.15, 0.2) is 53.7 Å². The van der Waals surface area contributed by atoms with Gasteiger partial charge in [-0.25, -0.2) is 8.42 Å². The molecule has 0 amide bonds. The number of anilines is 1. The molecule has 7 heteroatoms. The van der Waals surface area contributed by atoms with Crippen molar-refractivity contribution in [3.63, 3.8) is 0 Å². The molecule has 0 fully saturated rings. The molecule has 6 nitrogen and oxygen atoms in total. The summed E-state index contributed by atoms with van der Waals surface area (Å²) in [6.07, 6.45) is 0. The second kappa shape index (κ2) is 8.13. The molecule has 0 radical (unpaired) electrons. The Morgan fingerprint density at radius 1 is 1.16 bits per heavy atom. The average molecular weight is 362 g/mol. The van der Waals surface area contributed by atoms with E-state index in [1.807, 2.05) is 24.3 Å². The van der Waals surface area contributed by atoms with Gasteiger partial charge >= 0.3 is 0 Å². The molecular formula is C18H22N2O4S. The molecule has 25 heavy (non-hydrogen) atoms. The first-order chi connectivity index (χ1) is 11.9. The number of oxime groups is 1. The summed E-state index contributed by atoms with van der Waals surface area (Å²) in [6, 6.07) is 14.2. The maximum absolute atomic E-state index is 12.0. The summed E-state index contributed by atoms with van der Waals surface area (Å²) in [4.78, 5) is 0. The van der Waals surface area contributed by atoms with Crippen LogP contribution in [0.25, 0.3) is 0 Å². The average Bonchev–Trinajstić information content (AvgIpc) is 2.57. The zero-order valence-corrected chi connectivity index (χ0v) is 15.2. The van der Waals surface area contributed by atoms with Crippen LogP contribution in [0, 0.1) is 0 Å². The van der Waals surface area contributed by atoms with Gasteiger partial charge in [-0.05, 0) is 31.5 Å². The highest BCUT2D eigenvalue weighted by atomic mass is 32.2. The lowest BCUT2D eigenvalue weighted by Crippen LogP contribution is -2.22. The molecule has 0 heterocycles. The number of benzene rings is 2. The van der Waals surface area contributed by atoms with Gasteiger partial charge in [-0.3, -0.25) is 4.72 Å². The van der Waals surface area contributed by atoms with Crippen molar-refractivity contribution in [2.24, 2.45) is 5.16 Å². The van der Waals surface area contributed by atoms with Gasteiger partial charge in [-0.2, -0.15) is 0 Å². The molecule has 0 unspecified atom stereocenters. The van der Waals surface area contributed by atoms with E-state index in [0.717, 1.165) is 5.56 Å². The monoisotopic (exact) mass is 362 g/mol. The Kier molecular flexibility index (Phi) is 6.17. The molecule has 134 valence electrons. The van der Waals surface area contributed by atoms with Crippen LogP contribution in [-0.2, 0) is 21.4 Å². The van der Waals surface area contributed by atoms with Gasteiger partial charge in [0.25, 0.3) is 0 Å². The fourth-order valence-corrected chi connectivity index (χ4v) is 2.91. The number of rotatable bonds is 7. The van der Waals surface area contributed by atoms with Crippen LogP contribution >= 0.6 is 0 Å². The van der Waals surface area contributed by atoms with Crippen LogP contribution in [0.3, 0.4) is 0 Å². The van der Waals surface area contributed by atoms with Gasteiger partial charge in [0, 0.05) is 23.9 Å². The van der Waals surface area contributed by atoms with Crippen LogP contribution in [0.5, 0.6) is 0 Å². The predicted octanol–water partition coefficient (Wildman–Crippen LogP) is 3.21. The molecule has 2 rings (SSSR count). The van der Waals surface area contributed by atoms with Crippen molar-refractivity contribution in [1.82, 2.24) is 0 Å². The van der Waals surface area contributed by atoms with Crippen LogP contribution in [0.4, 0.5) is 5.69 Å². The number of hydrogen-bond acceptors (Lipinski definition) is 5. The summed E-state index contributed by atoms with van der Waals surface area (Å²) in [6.45, 7) is 3.71. The Hall–Kier alpha value is -2.38. The second-order valence-corrected chi connectivity index (χ2v) is 8.09. The smallest absolute Gasteiger partial charge is 0.235 e. The first-order valence-electron chi connectivity index (χ1n) is 7.79. The molecule has 0 spiro atoms. The molecule has 0 aliphatic heterocycles. The molecule has 2 aromatic carbocycles. The highest BCUT2D eigenvalue weighted by molar-refractivity contribution is 7.93. The highest BCUT2D eigenvalue weighted by Crippen LogP contribution is 2.18. The summed E-state index contributed by atoms with van der Waals surface area (Å²) in [5.74, 6) is 0. The summed E-state index contributed by atoms with van der Waals surface area (Å²) in [5.41, 5.74) is 3.09. The fourth-order valence-electron chi connectivity index (χ4n) is 2.22. The standard InChI is InChI=1S/C18H22N2O4S/c1-13(2)25(22,23)20-17-6-4-5-16(11-17)18(19-21)15-9-7-14(8-10-15)12-24-3/h4-11,13,20-21H,12H2,1-3H3/b19-18+. The lowest BCUT2D eigenvalue weighted by Gasteiger charge is -2.12. The lowest BCUT2D eigenvalue weighted by molar-refractivity contribution is 0.185. The number of sulfonamides is 1. The minimum absolute atomic E-state index is 0.356. The van der Waals surface area contributed by atoms with Crippen LogP contribution < -0.4 is 4.72 Å². The van der Waals surface area contributed by atoms with Crippen LogP contribution in [0.2, 0.25) is 0 Å². The fraction of sp³-hybridized carbons (Fsp3) is 0.278. The summed E-state index contributed by atoms with van der Waals surface area (Å²) >= 11 is 0. The molecule has 0 bridgehead atoms. The Morgan fingerprint density at radius 3 is 2.40 bits per heavy atom. The minimum atomic E-state index is -3.44. The van der Waals surface area contributed by atoms with E-state index in [4.69, 9.17) is 4.74 Å². The Labute approximate surface area is 148 Å². The first-order valence-corrected chi connectivity index (χ1v) is 9.34. The summed E-state index contributed by atoms with van der Waals surface area (Å²) < 4.78 is 31.6. The predicted molar refractivity (Wildman–Crippen MR) is 98.7 cm³/mol. The largest absolute Gasteiger partial charge is 0.410 e.